The zero-order valence-corrected chi connectivity index (χ0v) is 19.8. The lowest BCUT2D eigenvalue weighted by atomic mass is 9.80. The summed E-state index contributed by atoms with van der Waals surface area (Å²) in [6.07, 6.45) is 3.74. The van der Waals surface area contributed by atoms with Crippen molar-refractivity contribution in [2.45, 2.75) is 77.2 Å². The van der Waals surface area contributed by atoms with Crippen LogP contribution in [0.2, 0.25) is 0 Å². The van der Waals surface area contributed by atoms with Crippen LogP contribution in [0, 0.1) is 0 Å². The van der Waals surface area contributed by atoms with Crippen LogP contribution in [0.25, 0.3) is 0 Å². The third-order valence-corrected chi connectivity index (χ3v) is 6.10. The quantitative estimate of drug-likeness (QED) is 0.628. The summed E-state index contributed by atoms with van der Waals surface area (Å²) in [6.45, 7) is 11.8. The highest BCUT2D eigenvalue weighted by Gasteiger charge is 2.38. The van der Waals surface area contributed by atoms with Gasteiger partial charge in [0.05, 0.1) is 26.0 Å². The van der Waals surface area contributed by atoms with E-state index in [1.807, 2.05) is 24.3 Å². The van der Waals surface area contributed by atoms with Crippen molar-refractivity contribution in [1.82, 2.24) is 15.5 Å². The number of furan rings is 1. The topological polar surface area (TPSA) is 49.7 Å². The van der Waals surface area contributed by atoms with E-state index < -0.39 is 0 Å². The third-order valence-electron chi connectivity index (χ3n) is 5.75. The number of nitrogens with one attached hydrogen (secondary N) is 2. The van der Waals surface area contributed by atoms with Crippen LogP contribution in [-0.4, -0.2) is 34.2 Å². The lowest BCUT2D eigenvalue weighted by Gasteiger charge is -2.47. The molecule has 164 valence electrons. The number of nitrogens with zero attached hydrogens (tertiary/aromatic N) is 1. The van der Waals surface area contributed by atoms with E-state index in [1.54, 1.807) is 13.4 Å². The van der Waals surface area contributed by atoms with E-state index in [0.29, 0.717) is 12.6 Å². The molecule has 0 bridgehead atoms. The fourth-order valence-electron chi connectivity index (χ4n) is 4.70. The number of ether oxygens (including phenoxy) is 1. The molecule has 3 rings (SSSR count). The van der Waals surface area contributed by atoms with Crippen LogP contribution in [-0.2, 0) is 6.54 Å². The second-order valence-electron chi connectivity index (χ2n) is 9.60. The predicted octanol–water partition coefficient (Wildman–Crippen LogP) is 5.04. The smallest absolute Gasteiger partial charge is 0.170 e. The Kier molecular flexibility index (Phi) is 6.78. The first-order valence-electron chi connectivity index (χ1n) is 10.6. The number of thiocarbonyl (C=S) groups is 1. The van der Waals surface area contributed by atoms with Crippen molar-refractivity contribution >= 4 is 17.3 Å². The molecule has 0 radical (unpaired) electrons. The lowest BCUT2D eigenvalue weighted by Crippen LogP contribution is -2.62. The zero-order chi connectivity index (χ0) is 21.9. The molecule has 0 amide bonds. The minimum atomic E-state index is 0.0580. The summed E-state index contributed by atoms with van der Waals surface area (Å²) >= 11 is 5.93. The van der Waals surface area contributed by atoms with Gasteiger partial charge in [0.1, 0.15) is 11.5 Å². The fraction of sp³-hybridized carbons (Fsp3) is 0.542. The third kappa shape index (κ3) is 5.76. The zero-order valence-electron chi connectivity index (χ0n) is 19.0. The van der Waals surface area contributed by atoms with Crippen LogP contribution in [0.5, 0.6) is 5.75 Å². The highest BCUT2D eigenvalue weighted by atomic mass is 32.1. The summed E-state index contributed by atoms with van der Waals surface area (Å²) < 4.78 is 10.9. The molecule has 1 atom stereocenters. The molecule has 0 aliphatic carbocycles. The Bertz CT molecular complexity index is 815. The fourth-order valence-corrected chi connectivity index (χ4v) is 5.09. The molecule has 1 aliphatic rings. The van der Waals surface area contributed by atoms with E-state index in [-0.39, 0.29) is 17.1 Å². The molecule has 6 heteroatoms. The molecule has 0 spiro atoms. The average molecular weight is 430 g/mol. The Hall–Kier alpha value is -2.05. The summed E-state index contributed by atoms with van der Waals surface area (Å²) in [5, 5.41) is 8.16. The number of piperidine rings is 1. The maximum absolute atomic E-state index is 5.93. The molecule has 30 heavy (non-hydrogen) atoms. The Morgan fingerprint density at radius 3 is 2.37 bits per heavy atom. The number of hydrogen-bond acceptors (Lipinski definition) is 4. The van der Waals surface area contributed by atoms with Gasteiger partial charge < -0.3 is 24.7 Å². The predicted molar refractivity (Wildman–Crippen MR) is 126 cm³/mol. The first-order valence-corrected chi connectivity index (χ1v) is 11.0. The summed E-state index contributed by atoms with van der Waals surface area (Å²) in [5.74, 6) is 1.74. The van der Waals surface area contributed by atoms with Gasteiger partial charge >= 0.3 is 0 Å². The van der Waals surface area contributed by atoms with E-state index >= 15 is 0 Å². The summed E-state index contributed by atoms with van der Waals surface area (Å²) in [6, 6.07) is 12.5. The molecule has 1 unspecified atom stereocenters. The number of rotatable bonds is 6. The largest absolute Gasteiger partial charge is 0.497 e. The van der Waals surface area contributed by atoms with Crippen LogP contribution >= 0.6 is 12.2 Å². The van der Waals surface area contributed by atoms with E-state index in [4.69, 9.17) is 21.4 Å². The molecule has 1 saturated heterocycles. The van der Waals surface area contributed by atoms with E-state index in [1.165, 1.54) is 5.56 Å². The van der Waals surface area contributed by atoms with E-state index in [2.05, 4.69) is 62.3 Å². The Labute approximate surface area is 186 Å². The van der Waals surface area contributed by atoms with Crippen molar-refractivity contribution in [3.8, 4) is 5.75 Å². The SMILES string of the molecule is COc1ccc(C(C)N(Cc2ccco2)C(=S)NC2CC(C)(C)NC(C)(C)C2)cc1. The Morgan fingerprint density at radius 1 is 1.20 bits per heavy atom. The van der Waals surface area contributed by atoms with Gasteiger partial charge in [-0.15, -0.1) is 0 Å². The Balaban J connectivity index is 1.79. The molecule has 2 aromatic rings. The maximum Gasteiger partial charge on any atom is 0.170 e. The molecule has 2 N–H and O–H groups in total. The molecule has 1 fully saturated rings. The van der Waals surface area contributed by atoms with Gasteiger partial charge in [-0.1, -0.05) is 12.1 Å². The van der Waals surface area contributed by atoms with Crippen LogP contribution in [0.4, 0.5) is 0 Å². The van der Waals surface area contributed by atoms with Gasteiger partial charge in [0, 0.05) is 17.1 Å². The molecule has 2 heterocycles. The first kappa shape index (κ1) is 22.6. The van der Waals surface area contributed by atoms with Gasteiger partial charge in [0.15, 0.2) is 5.11 Å². The maximum atomic E-state index is 5.93. The number of hydrogen-bond donors (Lipinski definition) is 2. The molecule has 1 aromatic carbocycles. The van der Waals surface area contributed by atoms with Crippen molar-refractivity contribution in [2.75, 3.05) is 7.11 Å². The van der Waals surface area contributed by atoms with Crippen LogP contribution in [0.15, 0.2) is 47.1 Å². The average Bonchev–Trinajstić information content (AvgIpc) is 3.16. The number of benzene rings is 1. The molecule has 5 nitrogen and oxygen atoms in total. The normalized spacial score (nSPS) is 19.1. The molecular weight excluding hydrogens is 394 g/mol. The van der Waals surface area contributed by atoms with Gasteiger partial charge in [-0.3, -0.25) is 0 Å². The van der Waals surface area contributed by atoms with Gasteiger partial charge in [-0.05, 0) is 89.5 Å². The summed E-state index contributed by atoms with van der Waals surface area (Å²) in [5.41, 5.74) is 1.29. The molecular formula is C24H35N3O2S. The van der Waals surface area contributed by atoms with Gasteiger partial charge in [-0.25, -0.2) is 0 Å². The standard InChI is InChI=1S/C24H35N3O2S/c1-17(18-9-11-20(28-6)12-10-18)27(16-21-8-7-13-29-21)22(30)25-19-14-23(2,3)26-24(4,5)15-19/h7-13,17,19,26H,14-16H2,1-6H3,(H,25,30). The van der Waals surface area contributed by atoms with Crippen molar-refractivity contribution < 1.29 is 9.15 Å². The van der Waals surface area contributed by atoms with Crippen molar-refractivity contribution in [3.63, 3.8) is 0 Å². The lowest BCUT2D eigenvalue weighted by molar-refractivity contribution is 0.152. The summed E-state index contributed by atoms with van der Waals surface area (Å²) in [7, 11) is 1.68. The number of methoxy groups -OCH3 is 1. The van der Waals surface area contributed by atoms with Gasteiger partial charge in [0.2, 0.25) is 0 Å². The first-order chi connectivity index (χ1) is 14.1. The Morgan fingerprint density at radius 2 is 1.83 bits per heavy atom. The van der Waals surface area contributed by atoms with Crippen molar-refractivity contribution in [1.29, 1.82) is 0 Å². The molecule has 0 saturated carbocycles. The van der Waals surface area contributed by atoms with E-state index in [9.17, 15) is 0 Å². The van der Waals surface area contributed by atoms with Crippen molar-refractivity contribution in [2.24, 2.45) is 0 Å². The second-order valence-corrected chi connectivity index (χ2v) is 9.99. The van der Waals surface area contributed by atoms with Gasteiger partial charge in [-0.2, -0.15) is 0 Å². The summed E-state index contributed by atoms with van der Waals surface area (Å²) in [4.78, 5) is 2.21. The minimum Gasteiger partial charge on any atom is -0.497 e. The van der Waals surface area contributed by atoms with E-state index in [0.717, 1.165) is 29.5 Å². The highest BCUT2D eigenvalue weighted by molar-refractivity contribution is 7.80. The highest BCUT2D eigenvalue weighted by Crippen LogP contribution is 2.30. The van der Waals surface area contributed by atoms with Crippen LogP contribution in [0.1, 0.15) is 64.8 Å². The molecule has 1 aromatic heterocycles. The van der Waals surface area contributed by atoms with Crippen LogP contribution < -0.4 is 15.4 Å². The van der Waals surface area contributed by atoms with Gasteiger partial charge in [0.25, 0.3) is 0 Å². The molecule has 1 aliphatic heterocycles. The second kappa shape index (κ2) is 8.98. The minimum absolute atomic E-state index is 0.0580. The van der Waals surface area contributed by atoms with Crippen molar-refractivity contribution in [3.05, 3.63) is 54.0 Å². The monoisotopic (exact) mass is 429 g/mol. The van der Waals surface area contributed by atoms with Crippen LogP contribution in [0.3, 0.4) is 0 Å².